The number of rotatable bonds is 2. The van der Waals surface area contributed by atoms with Gasteiger partial charge in [0.15, 0.2) is 5.78 Å². The third kappa shape index (κ3) is 2.28. The van der Waals surface area contributed by atoms with Gasteiger partial charge in [-0.05, 0) is 35.8 Å². The second-order valence-corrected chi connectivity index (χ2v) is 5.22. The fourth-order valence-corrected chi connectivity index (χ4v) is 1.94. The van der Waals surface area contributed by atoms with Gasteiger partial charge in [0.2, 0.25) is 0 Å². The van der Waals surface area contributed by atoms with Crippen LogP contribution in [-0.4, -0.2) is 15.8 Å². The summed E-state index contributed by atoms with van der Waals surface area (Å²) in [6.45, 7) is 3.42. The van der Waals surface area contributed by atoms with E-state index in [-0.39, 0.29) is 5.78 Å². The molecule has 0 aliphatic heterocycles. The zero-order valence-electron chi connectivity index (χ0n) is 9.34. The molecule has 88 valence electrons. The summed E-state index contributed by atoms with van der Waals surface area (Å²) in [4.78, 5) is 19.3. The molecular formula is C12H10BrClN2O. The number of allylic oxidation sites excluding steroid dienone is 2. The van der Waals surface area contributed by atoms with Gasteiger partial charge < -0.3 is 4.98 Å². The van der Waals surface area contributed by atoms with Gasteiger partial charge in [0, 0.05) is 38.4 Å². The normalized spacial score (nSPS) is 12.7. The Kier molecular flexibility index (Phi) is 3.35. The second-order valence-electron chi connectivity index (χ2n) is 3.74. The van der Waals surface area contributed by atoms with Gasteiger partial charge in [-0.25, -0.2) is 4.98 Å². The largest absolute Gasteiger partial charge is 0.345 e. The van der Waals surface area contributed by atoms with E-state index in [0.717, 1.165) is 9.86 Å². The average Bonchev–Trinajstić information content (AvgIpc) is 2.69. The molecular weight excluding hydrogens is 304 g/mol. The molecule has 2 heterocycles. The summed E-state index contributed by atoms with van der Waals surface area (Å²) in [6.07, 6.45) is 3.35. The number of ketones is 1. The molecule has 2 rings (SSSR count). The van der Waals surface area contributed by atoms with Crippen LogP contribution in [0, 0.1) is 0 Å². The van der Waals surface area contributed by atoms with Crippen LogP contribution in [0.5, 0.6) is 0 Å². The maximum Gasteiger partial charge on any atom is 0.192 e. The molecule has 17 heavy (non-hydrogen) atoms. The van der Waals surface area contributed by atoms with Crippen LogP contribution >= 0.6 is 27.5 Å². The molecule has 2 aromatic heterocycles. The van der Waals surface area contributed by atoms with E-state index in [0.29, 0.717) is 21.8 Å². The predicted octanol–water partition coefficient (Wildman–Crippen LogP) is 4.04. The lowest BCUT2D eigenvalue weighted by atomic mass is 10.1. The SMILES string of the molecule is C/C(Cl)=C(\C)C(=O)c1c[nH]c2ncc(Br)cc12. The smallest absolute Gasteiger partial charge is 0.192 e. The highest BCUT2D eigenvalue weighted by Crippen LogP contribution is 2.24. The van der Waals surface area contributed by atoms with Crippen molar-refractivity contribution in [3.63, 3.8) is 0 Å². The second kappa shape index (κ2) is 4.63. The number of carbonyl (C=O) groups is 1. The number of carbonyl (C=O) groups excluding carboxylic acids is 1. The Morgan fingerprint density at radius 2 is 2.18 bits per heavy atom. The molecule has 0 saturated carbocycles. The summed E-state index contributed by atoms with van der Waals surface area (Å²) < 4.78 is 0.836. The van der Waals surface area contributed by atoms with Crippen LogP contribution < -0.4 is 0 Å². The van der Waals surface area contributed by atoms with Crippen LogP contribution in [-0.2, 0) is 0 Å². The van der Waals surface area contributed by atoms with Crippen LogP contribution in [0.1, 0.15) is 24.2 Å². The Labute approximate surface area is 112 Å². The molecule has 5 heteroatoms. The number of hydrogen-bond acceptors (Lipinski definition) is 2. The highest BCUT2D eigenvalue weighted by Gasteiger charge is 2.15. The molecule has 0 bridgehead atoms. The number of nitrogens with one attached hydrogen (secondary N) is 1. The quantitative estimate of drug-likeness (QED) is 0.672. The van der Waals surface area contributed by atoms with Crippen LogP contribution in [0.3, 0.4) is 0 Å². The van der Waals surface area contributed by atoms with Gasteiger partial charge in [-0.3, -0.25) is 4.79 Å². The van der Waals surface area contributed by atoms with Crippen LogP contribution in [0.25, 0.3) is 11.0 Å². The number of H-pyrrole nitrogens is 1. The molecule has 0 saturated heterocycles. The summed E-state index contributed by atoms with van der Waals surface area (Å²) in [5.41, 5.74) is 1.83. The van der Waals surface area contributed by atoms with Gasteiger partial charge in [-0.1, -0.05) is 11.6 Å². The molecule has 2 aromatic rings. The van der Waals surface area contributed by atoms with Crippen molar-refractivity contribution >= 4 is 44.3 Å². The number of nitrogens with zero attached hydrogens (tertiary/aromatic N) is 1. The predicted molar refractivity (Wildman–Crippen MR) is 72.4 cm³/mol. The number of halogens is 2. The minimum atomic E-state index is -0.0800. The molecule has 1 N–H and O–H groups in total. The van der Waals surface area contributed by atoms with Gasteiger partial charge in [0.1, 0.15) is 5.65 Å². The van der Waals surface area contributed by atoms with Crippen LogP contribution in [0.2, 0.25) is 0 Å². The molecule has 0 aliphatic carbocycles. The number of pyridine rings is 1. The summed E-state index contributed by atoms with van der Waals surface area (Å²) in [5, 5.41) is 1.30. The van der Waals surface area contributed by atoms with Crippen molar-refractivity contribution in [2.24, 2.45) is 0 Å². The van der Waals surface area contributed by atoms with Crippen LogP contribution in [0.4, 0.5) is 0 Å². The first-order valence-corrected chi connectivity index (χ1v) is 6.18. The van der Waals surface area contributed by atoms with Crippen molar-refractivity contribution in [2.45, 2.75) is 13.8 Å². The molecule has 0 aliphatic rings. The summed E-state index contributed by atoms with van der Waals surface area (Å²) in [6, 6.07) is 1.86. The first-order chi connectivity index (χ1) is 8.00. The molecule has 0 radical (unpaired) electrons. The number of fused-ring (bicyclic) bond motifs is 1. The zero-order chi connectivity index (χ0) is 12.6. The van der Waals surface area contributed by atoms with E-state index in [1.807, 2.05) is 6.07 Å². The molecule has 0 spiro atoms. The Balaban J connectivity index is 2.61. The fraction of sp³-hybridized carbons (Fsp3) is 0.167. The van der Waals surface area contributed by atoms with Gasteiger partial charge in [-0.2, -0.15) is 0 Å². The van der Waals surface area contributed by atoms with Gasteiger partial charge in [0.05, 0.1) is 0 Å². The Bertz CT molecular complexity index is 626. The number of aromatic amines is 1. The first kappa shape index (κ1) is 12.3. The molecule has 0 atom stereocenters. The lowest BCUT2D eigenvalue weighted by Crippen LogP contribution is -2.00. The van der Waals surface area contributed by atoms with Gasteiger partial charge in [-0.15, -0.1) is 0 Å². The Hall–Kier alpha value is -1.13. The summed E-state index contributed by atoms with van der Waals surface area (Å²) >= 11 is 9.19. The van der Waals surface area contributed by atoms with Crippen molar-refractivity contribution in [3.05, 3.63) is 39.1 Å². The first-order valence-electron chi connectivity index (χ1n) is 5.01. The van der Waals surface area contributed by atoms with E-state index in [9.17, 15) is 4.79 Å². The third-order valence-corrected chi connectivity index (χ3v) is 3.32. The monoisotopic (exact) mass is 312 g/mol. The molecule has 0 amide bonds. The number of aromatic nitrogens is 2. The lowest BCUT2D eigenvalue weighted by molar-refractivity contribution is 0.103. The number of Topliss-reactive ketones (excluding diaryl/α,β-unsaturated/α-hetero) is 1. The average molecular weight is 314 g/mol. The van der Waals surface area contributed by atoms with E-state index >= 15 is 0 Å². The van der Waals surface area contributed by atoms with E-state index in [1.54, 1.807) is 26.2 Å². The van der Waals surface area contributed by atoms with Crippen LogP contribution in [0.15, 0.2) is 33.5 Å². The maximum absolute atomic E-state index is 12.2. The van der Waals surface area contributed by atoms with Crippen molar-refractivity contribution in [2.75, 3.05) is 0 Å². The minimum absolute atomic E-state index is 0.0800. The van der Waals surface area contributed by atoms with E-state index < -0.39 is 0 Å². The highest BCUT2D eigenvalue weighted by molar-refractivity contribution is 9.10. The van der Waals surface area contributed by atoms with Crippen molar-refractivity contribution < 1.29 is 4.79 Å². The van der Waals surface area contributed by atoms with Crippen molar-refractivity contribution in [1.82, 2.24) is 9.97 Å². The third-order valence-electron chi connectivity index (χ3n) is 2.60. The topological polar surface area (TPSA) is 45.8 Å². The van der Waals surface area contributed by atoms with E-state index in [1.165, 1.54) is 0 Å². The van der Waals surface area contributed by atoms with Gasteiger partial charge in [0.25, 0.3) is 0 Å². The van der Waals surface area contributed by atoms with Crippen molar-refractivity contribution in [3.8, 4) is 0 Å². The fourth-order valence-electron chi connectivity index (χ4n) is 1.52. The molecule has 0 unspecified atom stereocenters. The molecule has 0 fully saturated rings. The van der Waals surface area contributed by atoms with Crippen molar-refractivity contribution in [1.29, 1.82) is 0 Å². The molecule has 3 nitrogen and oxygen atoms in total. The van der Waals surface area contributed by atoms with E-state index in [4.69, 9.17) is 11.6 Å². The standard InChI is InChI=1S/C12H10BrClN2O/c1-6(7(2)14)11(17)10-5-16-12-9(10)3-8(13)4-15-12/h3-5H,1-2H3,(H,15,16)/b7-6-. The highest BCUT2D eigenvalue weighted by atomic mass is 79.9. The Morgan fingerprint density at radius 1 is 1.47 bits per heavy atom. The van der Waals surface area contributed by atoms with E-state index in [2.05, 4.69) is 25.9 Å². The summed E-state index contributed by atoms with van der Waals surface area (Å²) in [7, 11) is 0. The molecule has 0 aromatic carbocycles. The summed E-state index contributed by atoms with van der Waals surface area (Å²) in [5.74, 6) is -0.0800. The van der Waals surface area contributed by atoms with Gasteiger partial charge >= 0.3 is 0 Å². The maximum atomic E-state index is 12.2. The minimum Gasteiger partial charge on any atom is -0.345 e. The zero-order valence-corrected chi connectivity index (χ0v) is 11.7. The Morgan fingerprint density at radius 3 is 2.82 bits per heavy atom. The lowest BCUT2D eigenvalue weighted by Gasteiger charge is -2.00. The number of hydrogen-bond donors (Lipinski definition) is 1.